The van der Waals surface area contributed by atoms with Crippen LogP contribution in [0.1, 0.15) is 16.7 Å². The van der Waals surface area contributed by atoms with Crippen molar-refractivity contribution in [2.45, 2.75) is 13.8 Å². The summed E-state index contributed by atoms with van der Waals surface area (Å²) in [5, 5.41) is 3.09. The maximum absolute atomic E-state index is 14.0. The summed E-state index contributed by atoms with van der Waals surface area (Å²) in [5.41, 5.74) is 9.48. The number of nitrogens with two attached hydrogens (primary N) is 1. The molecule has 0 spiro atoms. The highest BCUT2D eigenvalue weighted by Gasteiger charge is 2.07. The summed E-state index contributed by atoms with van der Waals surface area (Å²) in [6.45, 7) is 3.97. The zero-order chi connectivity index (χ0) is 14.0. The molecule has 2 rings (SSSR count). The zero-order valence-corrected chi connectivity index (χ0v) is 11.6. The smallest absolute Gasteiger partial charge is 0.147 e. The minimum Gasteiger partial charge on any atom is -0.389 e. The molecule has 3 N–H and O–H groups in total. The lowest BCUT2D eigenvalue weighted by Gasteiger charge is -2.12. The number of rotatable bonds is 3. The Balaban J connectivity index is 2.33. The Morgan fingerprint density at radius 1 is 1.11 bits per heavy atom. The van der Waals surface area contributed by atoms with E-state index in [4.69, 9.17) is 18.0 Å². The summed E-state index contributed by atoms with van der Waals surface area (Å²) in [6.07, 6.45) is 0. The summed E-state index contributed by atoms with van der Waals surface area (Å²) < 4.78 is 14.0. The van der Waals surface area contributed by atoms with E-state index in [2.05, 4.69) is 5.32 Å². The Morgan fingerprint density at radius 2 is 1.84 bits per heavy atom. The van der Waals surface area contributed by atoms with Crippen molar-refractivity contribution in [2.24, 2.45) is 5.73 Å². The lowest BCUT2D eigenvalue weighted by molar-refractivity contribution is 0.631. The van der Waals surface area contributed by atoms with Gasteiger partial charge in [-0.2, -0.15) is 0 Å². The zero-order valence-electron chi connectivity index (χ0n) is 10.8. The van der Waals surface area contributed by atoms with E-state index in [1.807, 2.05) is 32.0 Å². The van der Waals surface area contributed by atoms with E-state index < -0.39 is 0 Å². The van der Waals surface area contributed by atoms with E-state index >= 15 is 0 Å². The minimum atomic E-state index is -0.369. The molecule has 2 aromatic carbocycles. The SMILES string of the molecule is Cc1ccc(C)c(Nc2ccc(C(N)=S)cc2F)c1. The maximum atomic E-state index is 14.0. The van der Waals surface area contributed by atoms with Crippen LogP contribution in [0.5, 0.6) is 0 Å². The Bertz CT molecular complexity index is 638. The van der Waals surface area contributed by atoms with Gasteiger partial charge in [0.05, 0.1) is 5.69 Å². The highest BCUT2D eigenvalue weighted by atomic mass is 32.1. The van der Waals surface area contributed by atoms with E-state index in [1.54, 1.807) is 12.1 Å². The van der Waals surface area contributed by atoms with Gasteiger partial charge in [0.2, 0.25) is 0 Å². The largest absolute Gasteiger partial charge is 0.389 e. The van der Waals surface area contributed by atoms with Gasteiger partial charge in [-0.1, -0.05) is 24.4 Å². The molecule has 0 aromatic heterocycles. The first-order chi connectivity index (χ1) is 8.97. The number of anilines is 2. The fraction of sp³-hybridized carbons (Fsp3) is 0.133. The van der Waals surface area contributed by atoms with Gasteiger partial charge in [0.1, 0.15) is 10.8 Å². The number of halogens is 1. The molecular formula is C15H15FN2S. The molecule has 2 aromatic rings. The van der Waals surface area contributed by atoms with Gasteiger partial charge in [0.15, 0.2) is 0 Å². The van der Waals surface area contributed by atoms with Crippen molar-refractivity contribution in [1.82, 2.24) is 0 Å². The van der Waals surface area contributed by atoms with Gasteiger partial charge < -0.3 is 11.1 Å². The van der Waals surface area contributed by atoms with Gasteiger partial charge in [0.25, 0.3) is 0 Å². The number of hydrogen-bond donors (Lipinski definition) is 2. The molecule has 98 valence electrons. The molecule has 0 bridgehead atoms. The van der Waals surface area contributed by atoms with E-state index in [1.165, 1.54) is 6.07 Å². The van der Waals surface area contributed by atoms with Crippen LogP contribution in [0, 0.1) is 19.7 Å². The molecule has 0 fully saturated rings. The van der Waals surface area contributed by atoms with Crippen molar-refractivity contribution in [3.8, 4) is 0 Å². The van der Waals surface area contributed by atoms with Gasteiger partial charge in [0, 0.05) is 11.3 Å². The Morgan fingerprint density at radius 3 is 2.47 bits per heavy atom. The molecule has 0 unspecified atom stereocenters. The first-order valence-electron chi connectivity index (χ1n) is 5.91. The van der Waals surface area contributed by atoms with Crippen molar-refractivity contribution in [1.29, 1.82) is 0 Å². The third kappa shape index (κ3) is 3.09. The number of aryl methyl sites for hydroxylation is 2. The van der Waals surface area contributed by atoms with Gasteiger partial charge in [-0.15, -0.1) is 0 Å². The second-order valence-electron chi connectivity index (χ2n) is 4.50. The van der Waals surface area contributed by atoms with Crippen molar-refractivity contribution in [3.05, 3.63) is 58.9 Å². The summed E-state index contributed by atoms with van der Waals surface area (Å²) in [5.74, 6) is -0.369. The van der Waals surface area contributed by atoms with Gasteiger partial charge >= 0.3 is 0 Å². The van der Waals surface area contributed by atoms with Crippen LogP contribution in [-0.2, 0) is 0 Å². The molecule has 0 radical (unpaired) electrons. The van der Waals surface area contributed by atoms with Crippen LogP contribution in [0.2, 0.25) is 0 Å². The lowest BCUT2D eigenvalue weighted by Crippen LogP contribution is -2.10. The molecule has 0 atom stereocenters. The van der Waals surface area contributed by atoms with Crippen molar-refractivity contribution in [3.63, 3.8) is 0 Å². The van der Waals surface area contributed by atoms with Crippen LogP contribution < -0.4 is 11.1 Å². The number of nitrogens with one attached hydrogen (secondary N) is 1. The highest BCUT2D eigenvalue weighted by Crippen LogP contribution is 2.24. The molecule has 0 aliphatic heterocycles. The number of benzene rings is 2. The summed E-state index contributed by atoms with van der Waals surface area (Å²) in [6, 6.07) is 10.7. The average molecular weight is 274 g/mol. The molecule has 0 heterocycles. The van der Waals surface area contributed by atoms with Crippen LogP contribution in [-0.4, -0.2) is 4.99 Å². The topological polar surface area (TPSA) is 38.0 Å². The first-order valence-corrected chi connectivity index (χ1v) is 6.32. The van der Waals surface area contributed by atoms with Crippen molar-refractivity contribution < 1.29 is 4.39 Å². The molecule has 19 heavy (non-hydrogen) atoms. The van der Waals surface area contributed by atoms with Crippen LogP contribution in [0.15, 0.2) is 36.4 Å². The molecule has 0 saturated heterocycles. The minimum absolute atomic E-state index is 0.192. The van der Waals surface area contributed by atoms with E-state index in [0.717, 1.165) is 16.8 Å². The Hall–Kier alpha value is -1.94. The highest BCUT2D eigenvalue weighted by molar-refractivity contribution is 7.80. The molecule has 0 aliphatic carbocycles. The standard InChI is InChI=1S/C15H15FN2S/c1-9-3-4-10(2)14(7-9)18-13-6-5-11(15(17)19)8-12(13)16/h3-8,18H,1-2H3,(H2,17,19). The summed E-state index contributed by atoms with van der Waals surface area (Å²) >= 11 is 4.82. The normalized spacial score (nSPS) is 10.3. The molecule has 0 aliphatic rings. The summed E-state index contributed by atoms with van der Waals surface area (Å²) in [4.78, 5) is 0.192. The van der Waals surface area contributed by atoms with Crippen LogP contribution in [0.4, 0.5) is 15.8 Å². The predicted molar refractivity (Wildman–Crippen MR) is 81.5 cm³/mol. The average Bonchev–Trinajstić information content (AvgIpc) is 2.36. The molecule has 2 nitrogen and oxygen atoms in total. The predicted octanol–water partition coefficient (Wildman–Crippen LogP) is 3.82. The first kappa shape index (κ1) is 13.5. The van der Waals surface area contributed by atoms with E-state index in [0.29, 0.717) is 11.3 Å². The maximum Gasteiger partial charge on any atom is 0.147 e. The fourth-order valence-electron chi connectivity index (χ4n) is 1.79. The number of thiocarbonyl (C=S) groups is 1. The van der Waals surface area contributed by atoms with E-state index in [-0.39, 0.29) is 10.8 Å². The lowest BCUT2D eigenvalue weighted by atomic mass is 10.1. The van der Waals surface area contributed by atoms with Gasteiger partial charge in [-0.25, -0.2) is 4.39 Å². The second-order valence-corrected chi connectivity index (χ2v) is 4.94. The van der Waals surface area contributed by atoms with E-state index in [9.17, 15) is 4.39 Å². The second kappa shape index (κ2) is 5.36. The number of hydrogen-bond acceptors (Lipinski definition) is 2. The van der Waals surface area contributed by atoms with Crippen LogP contribution >= 0.6 is 12.2 Å². The Labute approximate surface area is 117 Å². The molecular weight excluding hydrogens is 259 g/mol. The third-order valence-electron chi connectivity index (χ3n) is 2.92. The summed E-state index contributed by atoms with van der Waals surface area (Å²) in [7, 11) is 0. The molecule has 4 heteroatoms. The van der Waals surface area contributed by atoms with Crippen molar-refractivity contribution >= 4 is 28.6 Å². The van der Waals surface area contributed by atoms with Crippen molar-refractivity contribution in [2.75, 3.05) is 5.32 Å². The van der Waals surface area contributed by atoms with Crippen LogP contribution in [0.25, 0.3) is 0 Å². The monoisotopic (exact) mass is 274 g/mol. The fourth-order valence-corrected chi connectivity index (χ4v) is 1.91. The molecule has 0 saturated carbocycles. The quantitative estimate of drug-likeness (QED) is 0.836. The Kier molecular flexibility index (Phi) is 3.81. The molecule has 0 amide bonds. The van der Waals surface area contributed by atoms with Gasteiger partial charge in [-0.05, 0) is 49.2 Å². The third-order valence-corrected chi connectivity index (χ3v) is 3.15. The van der Waals surface area contributed by atoms with Crippen LogP contribution in [0.3, 0.4) is 0 Å². The van der Waals surface area contributed by atoms with Gasteiger partial charge in [-0.3, -0.25) is 0 Å².